The van der Waals surface area contributed by atoms with Gasteiger partial charge in [0.2, 0.25) is 5.95 Å². The number of nitrogen functional groups attached to an aromatic ring is 1. The largest absolute Gasteiger partial charge is 0.384 e. The molecular weight excluding hydrogens is 437 g/mol. The average Bonchev–Trinajstić information content (AvgIpc) is 3.09. The summed E-state index contributed by atoms with van der Waals surface area (Å²) in [7, 11) is 2.08. The lowest BCUT2D eigenvalue weighted by Crippen LogP contribution is -2.25. The highest BCUT2D eigenvalue weighted by Crippen LogP contribution is 2.31. The van der Waals surface area contributed by atoms with E-state index < -0.39 is 5.69 Å². The van der Waals surface area contributed by atoms with Crippen molar-refractivity contribution in [3.05, 3.63) is 74.3 Å². The van der Waals surface area contributed by atoms with Crippen LogP contribution in [0.15, 0.2) is 47.4 Å². The van der Waals surface area contributed by atoms with Crippen molar-refractivity contribution in [1.82, 2.24) is 24.4 Å². The molecule has 10 heteroatoms. The summed E-state index contributed by atoms with van der Waals surface area (Å²) in [6.45, 7) is 1.83. The predicted molar refractivity (Wildman–Crippen MR) is 122 cm³/mol. The summed E-state index contributed by atoms with van der Waals surface area (Å²) in [5.41, 5.74) is 9.51. The first-order valence-electron chi connectivity index (χ1n) is 9.48. The molecule has 0 atom stereocenters. The number of rotatable bonds is 3. The van der Waals surface area contributed by atoms with E-state index in [4.69, 9.17) is 28.9 Å². The first-order chi connectivity index (χ1) is 14.9. The number of hydrogen-bond acceptors (Lipinski definition) is 7. The Morgan fingerprint density at radius 1 is 1.06 bits per heavy atom. The van der Waals surface area contributed by atoms with E-state index in [2.05, 4.69) is 44.3 Å². The van der Waals surface area contributed by atoms with Gasteiger partial charge in [-0.3, -0.25) is 4.90 Å². The average molecular weight is 454 g/mol. The van der Waals surface area contributed by atoms with E-state index in [0.717, 1.165) is 18.8 Å². The lowest BCUT2D eigenvalue weighted by Gasteiger charge is -2.14. The van der Waals surface area contributed by atoms with Crippen LogP contribution in [-0.4, -0.2) is 31.5 Å². The number of benzene rings is 2. The molecule has 31 heavy (non-hydrogen) atoms. The second kappa shape index (κ2) is 7.49. The summed E-state index contributed by atoms with van der Waals surface area (Å²) in [6, 6.07) is 11.1. The minimum absolute atomic E-state index is 0.108. The van der Waals surface area contributed by atoms with Crippen molar-refractivity contribution >= 4 is 51.7 Å². The molecule has 8 nitrogen and oxygen atoms in total. The highest BCUT2D eigenvalue weighted by molar-refractivity contribution is 6.37. The SMILES string of the molecule is CN1Cc2ccc(Nc3ncc4c(N)n(-c5c(Cl)cccc5Cl)c(=O)nc4n3)cc2C1. The topological polar surface area (TPSA) is 102 Å². The Kier molecular flexibility index (Phi) is 4.77. The molecule has 1 aliphatic rings. The lowest BCUT2D eigenvalue weighted by atomic mass is 10.1. The molecule has 1 aliphatic heterocycles. The number of fused-ring (bicyclic) bond motifs is 2. The highest BCUT2D eigenvalue weighted by Gasteiger charge is 2.18. The third-order valence-corrected chi connectivity index (χ3v) is 5.79. The van der Waals surface area contributed by atoms with E-state index in [0.29, 0.717) is 11.3 Å². The molecule has 2 aromatic carbocycles. The highest BCUT2D eigenvalue weighted by atomic mass is 35.5. The van der Waals surface area contributed by atoms with Crippen LogP contribution in [0.3, 0.4) is 0 Å². The third kappa shape index (κ3) is 3.48. The molecule has 156 valence electrons. The van der Waals surface area contributed by atoms with Crippen LogP contribution in [0.4, 0.5) is 17.5 Å². The maximum absolute atomic E-state index is 12.8. The first-order valence-corrected chi connectivity index (χ1v) is 10.2. The van der Waals surface area contributed by atoms with E-state index in [-0.39, 0.29) is 27.2 Å². The molecule has 0 fully saturated rings. The van der Waals surface area contributed by atoms with Crippen LogP contribution in [0.5, 0.6) is 0 Å². The fourth-order valence-corrected chi connectivity index (χ4v) is 4.32. The summed E-state index contributed by atoms with van der Waals surface area (Å²) < 4.78 is 1.17. The fourth-order valence-electron chi connectivity index (χ4n) is 3.75. The molecule has 0 unspecified atom stereocenters. The van der Waals surface area contributed by atoms with Crippen LogP contribution < -0.4 is 16.7 Å². The summed E-state index contributed by atoms with van der Waals surface area (Å²) in [4.78, 5) is 27.8. The molecular formula is C21H17Cl2N7O. The second-order valence-corrected chi connectivity index (χ2v) is 8.21. The second-order valence-electron chi connectivity index (χ2n) is 7.40. The Morgan fingerprint density at radius 2 is 1.81 bits per heavy atom. The molecule has 0 spiro atoms. The van der Waals surface area contributed by atoms with Crippen LogP contribution in [-0.2, 0) is 13.1 Å². The van der Waals surface area contributed by atoms with Crippen molar-refractivity contribution < 1.29 is 0 Å². The summed E-state index contributed by atoms with van der Waals surface area (Å²) in [5.74, 6) is 0.427. The van der Waals surface area contributed by atoms with E-state index in [9.17, 15) is 4.79 Å². The Hall–Kier alpha value is -3.20. The molecule has 0 radical (unpaired) electrons. The zero-order valence-electron chi connectivity index (χ0n) is 16.4. The van der Waals surface area contributed by atoms with E-state index in [1.165, 1.54) is 21.9 Å². The molecule has 0 bridgehead atoms. The first kappa shape index (κ1) is 19.7. The van der Waals surface area contributed by atoms with Gasteiger partial charge in [-0.25, -0.2) is 14.3 Å². The number of aromatic nitrogens is 4. The van der Waals surface area contributed by atoms with Gasteiger partial charge < -0.3 is 11.1 Å². The Bertz CT molecular complexity index is 1380. The smallest absolute Gasteiger partial charge is 0.355 e. The number of nitrogens with two attached hydrogens (primary N) is 1. The van der Waals surface area contributed by atoms with Crippen molar-refractivity contribution in [2.24, 2.45) is 0 Å². The van der Waals surface area contributed by atoms with Crippen molar-refractivity contribution in [3.8, 4) is 5.69 Å². The van der Waals surface area contributed by atoms with Gasteiger partial charge in [0.25, 0.3) is 0 Å². The predicted octanol–water partition coefficient (Wildman–Crippen LogP) is 3.75. The monoisotopic (exact) mass is 453 g/mol. The molecule has 5 rings (SSSR count). The normalized spacial score (nSPS) is 13.5. The van der Waals surface area contributed by atoms with Crippen LogP contribution >= 0.6 is 23.2 Å². The summed E-state index contributed by atoms with van der Waals surface area (Å²) in [6.07, 6.45) is 1.52. The quantitative estimate of drug-likeness (QED) is 0.486. The molecule has 0 saturated carbocycles. The van der Waals surface area contributed by atoms with E-state index in [1.807, 2.05) is 6.07 Å². The number of nitrogens with zero attached hydrogens (tertiary/aromatic N) is 5. The fraction of sp³-hybridized carbons (Fsp3) is 0.143. The molecule has 0 aliphatic carbocycles. The van der Waals surface area contributed by atoms with Crippen LogP contribution in [0.25, 0.3) is 16.7 Å². The molecule has 3 N–H and O–H groups in total. The Morgan fingerprint density at radius 3 is 2.58 bits per heavy atom. The summed E-state index contributed by atoms with van der Waals surface area (Å²) in [5, 5.41) is 4.15. The number of anilines is 3. The molecule has 0 amide bonds. The number of para-hydroxylation sites is 1. The van der Waals surface area contributed by atoms with Gasteiger partial charge in [-0.15, -0.1) is 0 Å². The van der Waals surface area contributed by atoms with E-state index >= 15 is 0 Å². The van der Waals surface area contributed by atoms with Gasteiger partial charge >= 0.3 is 5.69 Å². The standard InChI is InChI=1S/C21H17Cl2N7O/c1-29-9-11-5-6-13(7-12(11)10-29)26-20-25-8-14-18(24)30(21(31)28-19(14)27-20)17-15(22)3-2-4-16(17)23/h2-8H,9-10,24H2,1H3,(H,26,27,28,31). The van der Waals surface area contributed by atoms with Crippen molar-refractivity contribution in [2.45, 2.75) is 13.1 Å². The van der Waals surface area contributed by atoms with Gasteiger partial charge in [-0.05, 0) is 42.4 Å². The van der Waals surface area contributed by atoms with Gasteiger partial charge in [0.15, 0.2) is 5.65 Å². The van der Waals surface area contributed by atoms with Crippen molar-refractivity contribution in [2.75, 3.05) is 18.1 Å². The zero-order valence-corrected chi connectivity index (χ0v) is 17.9. The van der Waals surface area contributed by atoms with Gasteiger partial charge in [-0.1, -0.05) is 35.3 Å². The van der Waals surface area contributed by atoms with Gasteiger partial charge in [-0.2, -0.15) is 9.97 Å². The van der Waals surface area contributed by atoms with E-state index in [1.54, 1.807) is 18.2 Å². The van der Waals surface area contributed by atoms with Crippen molar-refractivity contribution in [1.29, 1.82) is 0 Å². The van der Waals surface area contributed by atoms with Crippen LogP contribution in [0.1, 0.15) is 11.1 Å². The van der Waals surface area contributed by atoms with Gasteiger partial charge in [0.05, 0.1) is 21.1 Å². The molecule has 2 aromatic heterocycles. The Labute approximate surface area is 187 Å². The minimum atomic E-state index is -0.634. The third-order valence-electron chi connectivity index (χ3n) is 5.18. The van der Waals surface area contributed by atoms with Crippen molar-refractivity contribution in [3.63, 3.8) is 0 Å². The molecule has 3 heterocycles. The van der Waals surface area contributed by atoms with Crippen LogP contribution in [0, 0.1) is 0 Å². The zero-order chi connectivity index (χ0) is 21.7. The van der Waals surface area contributed by atoms with Crippen LogP contribution in [0.2, 0.25) is 10.0 Å². The van der Waals surface area contributed by atoms with Gasteiger partial charge in [0, 0.05) is 25.0 Å². The molecule has 4 aromatic rings. The minimum Gasteiger partial charge on any atom is -0.384 e. The Balaban J connectivity index is 1.55. The number of halogens is 2. The number of hydrogen-bond donors (Lipinski definition) is 2. The lowest BCUT2D eigenvalue weighted by molar-refractivity contribution is 0.353. The van der Waals surface area contributed by atoms with Gasteiger partial charge in [0.1, 0.15) is 5.82 Å². The molecule has 0 saturated heterocycles. The summed E-state index contributed by atoms with van der Waals surface area (Å²) >= 11 is 12.5. The maximum atomic E-state index is 12.8. The maximum Gasteiger partial charge on any atom is 0.355 e. The number of nitrogens with one attached hydrogen (secondary N) is 1.